The van der Waals surface area contributed by atoms with Crippen LogP contribution in [0, 0.1) is 5.82 Å². The molecule has 2 amide bonds. The molecule has 148 valence electrons. The standard InChI is InChI=1S/C21H20FN5O2/c1-26-19-15(8-5-11-23-19)9-10-17(21(26)29)24-20(28)18-16(22)13-27(25-18)12-14-6-3-2-4-7-14/h2-8,11,13,17H,9-10,12H2,1H3,(H,24,28)/t17-/m1/s1. The van der Waals surface area contributed by atoms with Gasteiger partial charge in [-0.1, -0.05) is 36.4 Å². The van der Waals surface area contributed by atoms with Gasteiger partial charge < -0.3 is 5.32 Å². The Morgan fingerprint density at radius 2 is 2.03 bits per heavy atom. The lowest BCUT2D eigenvalue weighted by atomic mass is 10.1. The van der Waals surface area contributed by atoms with Crippen LogP contribution >= 0.6 is 0 Å². The highest BCUT2D eigenvalue weighted by atomic mass is 19.1. The second kappa shape index (κ2) is 7.83. The van der Waals surface area contributed by atoms with Crippen LogP contribution in [0.5, 0.6) is 0 Å². The summed E-state index contributed by atoms with van der Waals surface area (Å²) in [5.41, 5.74) is 1.54. The number of likely N-dealkylation sites (N-methyl/N-ethyl adjacent to an activating group) is 1. The molecule has 8 heteroatoms. The van der Waals surface area contributed by atoms with Crippen LogP contribution in [0.2, 0.25) is 0 Å². The van der Waals surface area contributed by atoms with E-state index in [1.165, 1.54) is 15.8 Å². The first-order chi connectivity index (χ1) is 14.0. The van der Waals surface area contributed by atoms with Gasteiger partial charge in [-0.3, -0.25) is 19.2 Å². The molecule has 0 saturated carbocycles. The van der Waals surface area contributed by atoms with Gasteiger partial charge in [0.2, 0.25) is 5.91 Å². The maximum Gasteiger partial charge on any atom is 0.275 e. The predicted molar refractivity (Wildman–Crippen MR) is 105 cm³/mol. The summed E-state index contributed by atoms with van der Waals surface area (Å²) in [7, 11) is 1.62. The Morgan fingerprint density at radius 1 is 1.24 bits per heavy atom. The summed E-state index contributed by atoms with van der Waals surface area (Å²) < 4.78 is 15.7. The minimum Gasteiger partial charge on any atom is -0.339 e. The van der Waals surface area contributed by atoms with Crippen molar-refractivity contribution < 1.29 is 14.0 Å². The van der Waals surface area contributed by atoms with Gasteiger partial charge in [0.15, 0.2) is 11.5 Å². The minimum atomic E-state index is -0.777. The Hall–Kier alpha value is -3.55. The average Bonchev–Trinajstić information content (AvgIpc) is 3.05. The molecule has 29 heavy (non-hydrogen) atoms. The molecule has 1 N–H and O–H groups in total. The van der Waals surface area contributed by atoms with E-state index in [9.17, 15) is 14.0 Å². The minimum absolute atomic E-state index is 0.292. The molecule has 0 aliphatic carbocycles. The molecule has 0 fully saturated rings. The second-order valence-corrected chi connectivity index (χ2v) is 6.96. The Kier molecular flexibility index (Phi) is 5.07. The normalized spacial score (nSPS) is 16.3. The number of nitrogens with one attached hydrogen (secondary N) is 1. The Bertz CT molecular complexity index is 1050. The van der Waals surface area contributed by atoms with Gasteiger partial charge in [-0.25, -0.2) is 9.37 Å². The summed E-state index contributed by atoms with van der Waals surface area (Å²) in [6.45, 7) is 0.344. The van der Waals surface area contributed by atoms with Crippen molar-refractivity contribution in [3.63, 3.8) is 0 Å². The van der Waals surface area contributed by atoms with Gasteiger partial charge in [-0.15, -0.1) is 0 Å². The fraction of sp³-hybridized carbons (Fsp3) is 0.238. The quantitative estimate of drug-likeness (QED) is 0.737. The second-order valence-electron chi connectivity index (χ2n) is 6.96. The van der Waals surface area contributed by atoms with Gasteiger partial charge >= 0.3 is 0 Å². The zero-order valence-electron chi connectivity index (χ0n) is 15.9. The van der Waals surface area contributed by atoms with Crippen LogP contribution < -0.4 is 10.2 Å². The number of anilines is 1. The number of rotatable bonds is 4. The number of aryl methyl sites for hydroxylation is 1. The first-order valence-electron chi connectivity index (χ1n) is 9.32. The van der Waals surface area contributed by atoms with Crippen LogP contribution in [0.4, 0.5) is 10.2 Å². The lowest BCUT2D eigenvalue weighted by Gasteiger charge is -2.20. The molecular formula is C21H20FN5O2. The number of fused-ring (bicyclic) bond motifs is 1. The van der Waals surface area contributed by atoms with Gasteiger partial charge in [-0.05, 0) is 30.0 Å². The summed E-state index contributed by atoms with van der Waals surface area (Å²) >= 11 is 0. The van der Waals surface area contributed by atoms with Crippen LogP contribution in [-0.2, 0) is 17.8 Å². The number of carbonyl (C=O) groups excluding carboxylic acids is 2. The highest BCUT2D eigenvalue weighted by Gasteiger charge is 2.31. The van der Waals surface area contributed by atoms with Gasteiger partial charge in [0.25, 0.3) is 5.91 Å². The highest BCUT2D eigenvalue weighted by Crippen LogP contribution is 2.23. The first kappa shape index (κ1) is 18.8. The van der Waals surface area contributed by atoms with Crippen molar-refractivity contribution in [2.75, 3.05) is 11.9 Å². The van der Waals surface area contributed by atoms with Gasteiger partial charge in [0.05, 0.1) is 12.7 Å². The van der Waals surface area contributed by atoms with Gasteiger partial charge in [0, 0.05) is 13.2 Å². The molecule has 1 aliphatic rings. The van der Waals surface area contributed by atoms with E-state index in [0.29, 0.717) is 25.2 Å². The lowest BCUT2D eigenvalue weighted by molar-refractivity contribution is -0.120. The third kappa shape index (κ3) is 3.87. The van der Waals surface area contributed by atoms with Crippen molar-refractivity contribution in [1.29, 1.82) is 0 Å². The molecule has 0 bridgehead atoms. The molecule has 4 rings (SSSR count). The summed E-state index contributed by atoms with van der Waals surface area (Å²) in [6.07, 6.45) is 3.79. The van der Waals surface area contributed by atoms with E-state index in [1.54, 1.807) is 13.2 Å². The van der Waals surface area contributed by atoms with Crippen molar-refractivity contribution in [1.82, 2.24) is 20.1 Å². The van der Waals surface area contributed by atoms with E-state index in [1.807, 2.05) is 42.5 Å². The van der Waals surface area contributed by atoms with Crippen molar-refractivity contribution in [3.8, 4) is 0 Å². The summed E-state index contributed by atoms with van der Waals surface area (Å²) in [4.78, 5) is 31.1. The number of pyridine rings is 1. The van der Waals surface area contributed by atoms with Crippen molar-refractivity contribution in [2.45, 2.75) is 25.4 Å². The first-order valence-corrected chi connectivity index (χ1v) is 9.32. The van der Waals surface area contributed by atoms with E-state index in [2.05, 4.69) is 15.4 Å². The van der Waals surface area contributed by atoms with E-state index >= 15 is 0 Å². The lowest BCUT2D eigenvalue weighted by Crippen LogP contribution is -2.47. The molecule has 1 aliphatic heterocycles. The van der Waals surface area contributed by atoms with Crippen LogP contribution in [0.3, 0.4) is 0 Å². The zero-order chi connectivity index (χ0) is 20.4. The monoisotopic (exact) mass is 393 g/mol. The van der Waals surface area contributed by atoms with Crippen molar-refractivity contribution >= 4 is 17.6 Å². The summed E-state index contributed by atoms with van der Waals surface area (Å²) in [5, 5.41) is 6.70. The van der Waals surface area contributed by atoms with E-state index < -0.39 is 17.8 Å². The smallest absolute Gasteiger partial charge is 0.275 e. The maximum absolute atomic E-state index is 14.3. The number of nitrogens with zero attached hydrogens (tertiary/aromatic N) is 4. The molecule has 0 saturated heterocycles. The fourth-order valence-electron chi connectivity index (χ4n) is 3.45. The number of hydrogen-bond acceptors (Lipinski definition) is 4. The predicted octanol–water partition coefficient (Wildman–Crippen LogP) is 2.17. The number of amides is 2. The van der Waals surface area contributed by atoms with Crippen LogP contribution in [0.25, 0.3) is 0 Å². The molecule has 0 radical (unpaired) electrons. The topological polar surface area (TPSA) is 80.1 Å². The van der Waals surface area contributed by atoms with Crippen molar-refractivity contribution in [3.05, 3.63) is 77.5 Å². The molecule has 3 heterocycles. The third-order valence-corrected chi connectivity index (χ3v) is 4.94. The summed E-state index contributed by atoms with van der Waals surface area (Å²) in [6, 6.07) is 12.4. The molecule has 0 unspecified atom stereocenters. The van der Waals surface area contributed by atoms with Crippen LogP contribution in [-0.4, -0.2) is 39.7 Å². The number of aromatic nitrogens is 3. The number of halogens is 1. The number of carbonyl (C=O) groups is 2. The van der Waals surface area contributed by atoms with E-state index in [0.717, 1.165) is 11.1 Å². The molecule has 0 spiro atoms. The van der Waals surface area contributed by atoms with E-state index in [4.69, 9.17) is 0 Å². The average molecular weight is 393 g/mol. The largest absolute Gasteiger partial charge is 0.339 e. The zero-order valence-corrected chi connectivity index (χ0v) is 15.9. The third-order valence-electron chi connectivity index (χ3n) is 4.94. The Morgan fingerprint density at radius 3 is 2.83 bits per heavy atom. The molecule has 1 aromatic carbocycles. The molecule has 1 atom stereocenters. The van der Waals surface area contributed by atoms with Gasteiger partial charge in [-0.2, -0.15) is 5.10 Å². The molecule has 7 nitrogen and oxygen atoms in total. The molecular weight excluding hydrogens is 373 g/mol. The number of benzene rings is 1. The molecule has 2 aromatic heterocycles. The van der Waals surface area contributed by atoms with Crippen LogP contribution in [0.1, 0.15) is 28.0 Å². The summed E-state index contributed by atoms with van der Waals surface area (Å²) in [5.74, 6) is -1.15. The van der Waals surface area contributed by atoms with Crippen molar-refractivity contribution in [2.24, 2.45) is 0 Å². The fourth-order valence-corrected chi connectivity index (χ4v) is 3.45. The van der Waals surface area contributed by atoms with Gasteiger partial charge in [0.1, 0.15) is 11.9 Å². The SMILES string of the molecule is CN1C(=O)[C@H](NC(=O)c2nn(Cc3ccccc3)cc2F)CCc2cccnc21. The molecule has 3 aromatic rings. The Labute approximate surface area is 167 Å². The number of hydrogen-bond donors (Lipinski definition) is 1. The van der Waals surface area contributed by atoms with Crippen LogP contribution in [0.15, 0.2) is 54.9 Å². The van der Waals surface area contributed by atoms with E-state index in [-0.39, 0.29) is 11.6 Å². The highest BCUT2D eigenvalue weighted by molar-refractivity contribution is 6.01. The Balaban J connectivity index is 1.49. The maximum atomic E-state index is 14.3.